The van der Waals surface area contributed by atoms with Gasteiger partial charge in [0.05, 0.1) is 6.42 Å². The zero-order valence-electron chi connectivity index (χ0n) is 20.0. The highest BCUT2D eigenvalue weighted by atomic mass is 19.4. The van der Waals surface area contributed by atoms with Crippen LogP contribution < -0.4 is 4.74 Å². The smallest absolute Gasteiger partial charge is 0.489 e. The molecule has 0 aromatic heterocycles. The lowest BCUT2D eigenvalue weighted by Gasteiger charge is -2.28. The number of alkyl halides is 3. The largest absolute Gasteiger partial charge is 0.495 e. The molecule has 0 N–H and O–H groups in total. The summed E-state index contributed by atoms with van der Waals surface area (Å²) in [4.78, 5) is 31.8. The number of benzene rings is 3. The van der Waals surface area contributed by atoms with Crippen LogP contribution in [-0.4, -0.2) is 29.6 Å². The highest BCUT2D eigenvalue weighted by molar-refractivity contribution is 5.77. The predicted molar refractivity (Wildman–Crippen MR) is 128 cm³/mol. The summed E-state index contributed by atoms with van der Waals surface area (Å²) in [7, 11) is 0. The Balaban J connectivity index is 1.18. The number of ether oxygens (including phenoxy) is 1. The van der Waals surface area contributed by atoms with Gasteiger partial charge < -0.3 is 4.74 Å². The van der Waals surface area contributed by atoms with Crippen LogP contribution in [0.2, 0.25) is 0 Å². The first-order valence-electron chi connectivity index (χ1n) is 11.8. The summed E-state index contributed by atoms with van der Waals surface area (Å²) in [6.45, 7) is 3.30. The second-order valence-corrected chi connectivity index (χ2v) is 8.80. The molecule has 0 amide bonds. The molecule has 6 nitrogen and oxygen atoms in total. The van der Waals surface area contributed by atoms with Crippen molar-refractivity contribution in [1.29, 1.82) is 0 Å². The third kappa shape index (κ3) is 7.82. The molecule has 9 heteroatoms. The van der Waals surface area contributed by atoms with Crippen LogP contribution in [0.25, 0.3) is 0 Å². The van der Waals surface area contributed by atoms with Gasteiger partial charge in [-0.25, -0.2) is 19.4 Å². The Labute approximate surface area is 212 Å². The van der Waals surface area contributed by atoms with E-state index < -0.39 is 18.1 Å². The first-order valence-corrected chi connectivity index (χ1v) is 11.8. The fourth-order valence-electron chi connectivity index (χ4n) is 4.03. The van der Waals surface area contributed by atoms with Gasteiger partial charge in [-0.1, -0.05) is 60.7 Å². The van der Waals surface area contributed by atoms with Crippen molar-refractivity contribution in [1.82, 2.24) is 4.90 Å². The standard InChI is InChI=1S/C28H26F3NO5/c29-28(30,31)27(34)37-36-26(33)14-11-20-9-12-25(13-10-20)35-19-22-7-5-21(6-8-22)17-32-16-15-23-3-1-2-4-24(23)18-32/h1-10,12-13H,11,14-19H2. The van der Waals surface area contributed by atoms with Crippen LogP contribution in [0.15, 0.2) is 72.8 Å². The normalized spacial score (nSPS) is 13.5. The molecule has 3 aromatic carbocycles. The number of fused-ring (bicyclic) bond motifs is 1. The number of halogens is 3. The Kier molecular flexibility index (Phi) is 8.45. The van der Waals surface area contributed by atoms with Crippen molar-refractivity contribution < 1.29 is 37.3 Å². The van der Waals surface area contributed by atoms with Gasteiger partial charge in [-0.05, 0) is 52.8 Å². The maximum absolute atomic E-state index is 12.0. The Hall–Kier alpha value is -3.85. The molecule has 0 saturated carbocycles. The zero-order chi connectivity index (χ0) is 26.3. The SMILES string of the molecule is O=C(CCc1ccc(OCc2ccc(CN3CCc4ccccc4C3)cc2)cc1)OOC(=O)C(F)(F)F. The highest BCUT2D eigenvalue weighted by Crippen LogP contribution is 2.21. The lowest BCUT2D eigenvalue weighted by atomic mass is 9.99. The van der Waals surface area contributed by atoms with E-state index in [4.69, 9.17) is 4.74 Å². The molecular weight excluding hydrogens is 487 g/mol. The molecule has 4 rings (SSSR count). The molecule has 1 heterocycles. The number of hydrogen-bond donors (Lipinski definition) is 0. The van der Waals surface area contributed by atoms with Gasteiger partial charge in [0.25, 0.3) is 0 Å². The van der Waals surface area contributed by atoms with E-state index in [1.165, 1.54) is 16.7 Å². The molecule has 0 bridgehead atoms. The topological polar surface area (TPSA) is 65.1 Å². The van der Waals surface area contributed by atoms with Crippen LogP contribution in [0.5, 0.6) is 5.75 Å². The summed E-state index contributed by atoms with van der Waals surface area (Å²) in [6.07, 6.45) is -4.20. The van der Waals surface area contributed by atoms with Crippen LogP contribution >= 0.6 is 0 Å². The molecule has 0 spiro atoms. The van der Waals surface area contributed by atoms with Crippen LogP contribution in [0.4, 0.5) is 13.2 Å². The Morgan fingerprint density at radius 2 is 1.46 bits per heavy atom. The Morgan fingerprint density at radius 1 is 0.811 bits per heavy atom. The molecule has 3 aromatic rings. The number of carbonyl (C=O) groups is 2. The summed E-state index contributed by atoms with van der Waals surface area (Å²) >= 11 is 0. The Morgan fingerprint density at radius 3 is 2.16 bits per heavy atom. The third-order valence-corrected chi connectivity index (χ3v) is 6.03. The first kappa shape index (κ1) is 26.2. The molecule has 0 saturated heterocycles. The van der Waals surface area contributed by atoms with Crippen molar-refractivity contribution in [3.8, 4) is 5.75 Å². The number of hydrogen-bond acceptors (Lipinski definition) is 6. The average Bonchev–Trinajstić information content (AvgIpc) is 2.90. The monoisotopic (exact) mass is 513 g/mol. The molecular formula is C28H26F3NO5. The van der Waals surface area contributed by atoms with Crippen molar-refractivity contribution in [3.05, 3.63) is 101 Å². The lowest BCUT2D eigenvalue weighted by molar-refractivity contribution is -0.285. The molecule has 0 fully saturated rings. The van der Waals surface area contributed by atoms with E-state index in [1.54, 1.807) is 24.3 Å². The molecule has 0 atom stereocenters. The van der Waals surface area contributed by atoms with Crippen molar-refractivity contribution in [2.45, 2.75) is 45.1 Å². The number of nitrogens with zero attached hydrogens (tertiary/aromatic N) is 1. The van der Waals surface area contributed by atoms with Crippen LogP contribution in [0, 0.1) is 0 Å². The summed E-state index contributed by atoms with van der Waals surface area (Å²) < 4.78 is 41.9. The maximum Gasteiger partial charge on any atom is 0.495 e. The van der Waals surface area contributed by atoms with Gasteiger partial charge in [0, 0.05) is 19.6 Å². The zero-order valence-corrected chi connectivity index (χ0v) is 20.0. The van der Waals surface area contributed by atoms with Gasteiger partial charge in [-0.3, -0.25) is 4.90 Å². The minimum absolute atomic E-state index is 0.201. The van der Waals surface area contributed by atoms with Crippen molar-refractivity contribution >= 4 is 11.9 Å². The Bertz CT molecular complexity index is 1210. The third-order valence-electron chi connectivity index (χ3n) is 6.03. The maximum atomic E-state index is 12.0. The minimum atomic E-state index is -5.22. The van der Waals surface area contributed by atoms with Gasteiger partial charge in [0.2, 0.25) is 0 Å². The summed E-state index contributed by atoms with van der Waals surface area (Å²) in [5, 5.41) is 0. The van der Waals surface area contributed by atoms with Gasteiger partial charge in [0.15, 0.2) is 0 Å². The number of carbonyl (C=O) groups excluding carboxylic acids is 2. The van der Waals surface area contributed by atoms with E-state index in [2.05, 4.69) is 63.2 Å². The first-order chi connectivity index (χ1) is 17.8. The number of aryl methyl sites for hydroxylation is 1. The fraction of sp³-hybridized carbons (Fsp3) is 0.286. The van der Waals surface area contributed by atoms with E-state index in [-0.39, 0.29) is 12.8 Å². The van der Waals surface area contributed by atoms with E-state index in [1.807, 2.05) is 0 Å². The van der Waals surface area contributed by atoms with Crippen LogP contribution in [0.1, 0.15) is 34.2 Å². The molecule has 0 aliphatic carbocycles. The lowest BCUT2D eigenvalue weighted by Crippen LogP contribution is -2.29. The molecule has 37 heavy (non-hydrogen) atoms. The molecule has 1 aliphatic heterocycles. The molecule has 1 aliphatic rings. The van der Waals surface area contributed by atoms with Gasteiger partial charge in [-0.15, -0.1) is 0 Å². The van der Waals surface area contributed by atoms with Crippen LogP contribution in [0.3, 0.4) is 0 Å². The second-order valence-electron chi connectivity index (χ2n) is 8.80. The quantitative estimate of drug-likeness (QED) is 0.300. The fourth-order valence-corrected chi connectivity index (χ4v) is 4.03. The second kappa shape index (κ2) is 11.9. The van der Waals surface area contributed by atoms with Gasteiger partial charge in [0.1, 0.15) is 12.4 Å². The predicted octanol–water partition coefficient (Wildman–Crippen LogP) is 5.32. The van der Waals surface area contributed by atoms with E-state index >= 15 is 0 Å². The van der Waals surface area contributed by atoms with Gasteiger partial charge in [-0.2, -0.15) is 13.2 Å². The summed E-state index contributed by atoms with van der Waals surface area (Å²) in [5.41, 5.74) is 5.87. The van der Waals surface area contributed by atoms with Crippen LogP contribution in [-0.2, 0) is 51.9 Å². The van der Waals surface area contributed by atoms with Gasteiger partial charge >= 0.3 is 18.1 Å². The van der Waals surface area contributed by atoms with E-state index in [0.29, 0.717) is 12.4 Å². The average molecular weight is 514 g/mol. The minimum Gasteiger partial charge on any atom is -0.489 e. The van der Waals surface area contributed by atoms with E-state index in [9.17, 15) is 22.8 Å². The van der Waals surface area contributed by atoms with Crippen molar-refractivity contribution in [2.75, 3.05) is 6.54 Å². The molecule has 0 radical (unpaired) electrons. The van der Waals surface area contributed by atoms with Crippen molar-refractivity contribution in [3.63, 3.8) is 0 Å². The number of rotatable bonds is 8. The molecule has 0 unspecified atom stereocenters. The highest BCUT2D eigenvalue weighted by Gasteiger charge is 2.43. The van der Waals surface area contributed by atoms with E-state index in [0.717, 1.165) is 37.2 Å². The summed E-state index contributed by atoms with van der Waals surface area (Å²) in [5.74, 6) is -3.02. The summed E-state index contributed by atoms with van der Waals surface area (Å²) in [6, 6.07) is 23.9. The molecule has 194 valence electrons. The van der Waals surface area contributed by atoms with Crippen molar-refractivity contribution in [2.24, 2.45) is 0 Å².